The van der Waals surface area contributed by atoms with Crippen molar-refractivity contribution in [2.24, 2.45) is 0 Å². The molecule has 0 saturated heterocycles. The number of carbonyl (C=O) groups is 1. The molecule has 0 bridgehead atoms. The Morgan fingerprint density at radius 2 is 2.22 bits per heavy atom. The topological polar surface area (TPSA) is 55.3 Å². The fraction of sp³-hybridized carbons (Fsp3) is 0.235. The van der Waals surface area contributed by atoms with Crippen LogP contribution in [0, 0.1) is 0 Å². The quantitative estimate of drug-likeness (QED) is 0.725. The van der Waals surface area contributed by atoms with E-state index in [0.29, 0.717) is 13.2 Å². The lowest BCUT2D eigenvalue weighted by Gasteiger charge is -2.08. The summed E-state index contributed by atoms with van der Waals surface area (Å²) in [5.74, 6) is 0. The van der Waals surface area contributed by atoms with Gasteiger partial charge in [-0.05, 0) is 35.7 Å². The molecule has 2 N–H and O–H groups in total. The summed E-state index contributed by atoms with van der Waals surface area (Å²) in [7, 11) is 1.70. The smallest absolute Gasteiger partial charge is 0.319 e. The number of hydrogen-bond acceptors (Lipinski definition) is 3. The lowest BCUT2D eigenvalue weighted by atomic mass is 10.2. The van der Waals surface area contributed by atoms with Gasteiger partial charge in [0, 0.05) is 41.3 Å². The Morgan fingerprint density at radius 3 is 3.00 bits per heavy atom. The third kappa shape index (κ3) is 3.91. The molecule has 0 spiro atoms. The molecule has 3 rings (SSSR count). The highest BCUT2D eigenvalue weighted by Gasteiger charge is 2.05. The van der Waals surface area contributed by atoms with Crippen molar-refractivity contribution >= 4 is 34.0 Å². The van der Waals surface area contributed by atoms with Gasteiger partial charge >= 0.3 is 6.03 Å². The number of methoxy groups -OCH3 is 1. The van der Waals surface area contributed by atoms with Gasteiger partial charge in [0.1, 0.15) is 0 Å². The van der Waals surface area contributed by atoms with Crippen LogP contribution in [0.15, 0.2) is 48.0 Å². The second-order valence-corrected chi connectivity index (χ2v) is 6.19. The average Bonchev–Trinajstić information content (AvgIpc) is 3.20. The van der Waals surface area contributed by atoms with Gasteiger partial charge in [-0.25, -0.2) is 4.79 Å². The molecule has 0 saturated carbocycles. The molecule has 2 heterocycles. The molecule has 1 aromatic carbocycles. The standard InChI is InChI=1S/C17H19N3O2S/c1-22-9-8-20-7-6-13-11-14(4-5-16(13)20)19-17(21)18-12-15-3-2-10-23-15/h2-7,10-11H,8-9,12H2,1H3,(H2,18,19,21). The zero-order valence-electron chi connectivity index (χ0n) is 12.9. The predicted molar refractivity (Wildman–Crippen MR) is 94.0 cm³/mol. The van der Waals surface area contributed by atoms with E-state index in [1.807, 2.05) is 48.0 Å². The van der Waals surface area contributed by atoms with Crippen LogP contribution in [-0.2, 0) is 17.8 Å². The first-order valence-electron chi connectivity index (χ1n) is 7.41. The second kappa shape index (κ2) is 7.30. The molecule has 0 aliphatic carbocycles. The highest BCUT2D eigenvalue weighted by atomic mass is 32.1. The fourth-order valence-corrected chi connectivity index (χ4v) is 3.06. The number of nitrogens with zero attached hydrogens (tertiary/aromatic N) is 1. The Kier molecular flexibility index (Phi) is 4.95. The summed E-state index contributed by atoms with van der Waals surface area (Å²) in [5, 5.41) is 8.81. The third-order valence-electron chi connectivity index (χ3n) is 3.57. The predicted octanol–water partition coefficient (Wildman–Crippen LogP) is 3.67. The Morgan fingerprint density at radius 1 is 1.30 bits per heavy atom. The molecular weight excluding hydrogens is 310 g/mol. The van der Waals surface area contributed by atoms with Gasteiger partial charge < -0.3 is 19.9 Å². The highest BCUT2D eigenvalue weighted by molar-refractivity contribution is 7.09. The van der Waals surface area contributed by atoms with E-state index in [2.05, 4.69) is 15.2 Å². The number of urea groups is 1. The molecule has 3 aromatic rings. The summed E-state index contributed by atoms with van der Waals surface area (Å²) in [6, 6.07) is 11.7. The first-order chi connectivity index (χ1) is 11.3. The Balaban J connectivity index is 1.62. The number of nitrogens with one attached hydrogen (secondary N) is 2. The van der Waals surface area contributed by atoms with Crippen LogP contribution < -0.4 is 10.6 Å². The van der Waals surface area contributed by atoms with Gasteiger partial charge in [-0.2, -0.15) is 0 Å². The molecule has 0 atom stereocenters. The minimum Gasteiger partial charge on any atom is -0.383 e. The summed E-state index contributed by atoms with van der Waals surface area (Å²) >= 11 is 1.63. The van der Waals surface area contributed by atoms with E-state index in [1.54, 1.807) is 18.4 Å². The van der Waals surface area contributed by atoms with Gasteiger partial charge in [-0.1, -0.05) is 6.07 Å². The van der Waals surface area contributed by atoms with E-state index in [4.69, 9.17) is 4.74 Å². The van der Waals surface area contributed by atoms with E-state index in [0.717, 1.165) is 28.0 Å². The second-order valence-electron chi connectivity index (χ2n) is 5.16. The number of carbonyl (C=O) groups excluding carboxylic acids is 1. The van der Waals surface area contributed by atoms with Crippen LogP contribution in [0.4, 0.5) is 10.5 Å². The van der Waals surface area contributed by atoms with Gasteiger partial charge in [-0.15, -0.1) is 11.3 Å². The van der Waals surface area contributed by atoms with Crippen molar-refractivity contribution in [3.8, 4) is 0 Å². The van der Waals surface area contributed by atoms with Crippen molar-refractivity contribution < 1.29 is 9.53 Å². The molecule has 5 nitrogen and oxygen atoms in total. The molecular formula is C17H19N3O2S. The number of benzene rings is 1. The zero-order chi connectivity index (χ0) is 16.1. The lowest BCUT2D eigenvalue weighted by Crippen LogP contribution is -2.27. The molecule has 6 heteroatoms. The lowest BCUT2D eigenvalue weighted by molar-refractivity contribution is 0.188. The molecule has 0 radical (unpaired) electrons. The van der Waals surface area contributed by atoms with Gasteiger partial charge in [0.25, 0.3) is 0 Å². The fourth-order valence-electron chi connectivity index (χ4n) is 2.42. The Labute approximate surface area is 138 Å². The zero-order valence-corrected chi connectivity index (χ0v) is 13.7. The monoisotopic (exact) mass is 329 g/mol. The van der Waals surface area contributed by atoms with Crippen LogP contribution >= 0.6 is 11.3 Å². The first kappa shape index (κ1) is 15.6. The number of ether oxygens (including phenoxy) is 1. The largest absolute Gasteiger partial charge is 0.383 e. The van der Waals surface area contributed by atoms with Crippen LogP contribution in [0.2, 0.25) is 0 Å². The van der Waals surface area contributed by atoms with E-state index >= 15 is 0 Å². The first-order valence-corrected chi connectivity index (χ1v) is 8.29. The van der Waals surface area contributed by atoms with Crippen molar-refractivity contribution in [3.63, 3.8) is 0 Å². The molecule has 2 aromatic heterocycles. The van der Waals surface area contributed by atoms with Crippen molar-refractivity contribution in [1.29, 1.82) is 0 Å². The van der Waals surface area contributed by atoms with Crippen molar-refractivity contribution in [2.75, 3.05) is 19.0 Å². The maximum atomic E-state index is 12.0. The van der Waals surface area contributed by atoms with Crippen LogP contribution in [0.25, 0.3) is 10.9 Å². The Hall–Kier alpha value is -2.31. The van der Waals surface area contributed by atoms with Crippen molar-refractivity contribution in [3.05, 3.63) is 52.9 Å². The van der Waals surface area contributed by atoms with Crippen LogP contribution in [-0.4, -0.2) is 24.3 Å². The number of aromatic nitrogens is 1. The summed E-state index contributed by atoms with van der Waals surface area (Å²) in [5.41, 5.74) is 1.91. The van der Waals surface area contributed by atoms with Gasteiger partial charge in [0.2, 0.25) is 0 Å². The summed E-state index contributed by atoms with van der Waals surface area (Å²) in [6.07, 6.45) is 2.03. The number of amides is 2. The average molecular weight is 329 g/mol. The van der Waals surface area contributed by atoms with Crippen molar-refractivity contribution in [1.82, 2.24) is 9.88 Å². The Bertz CT molecular complexity index is 780. The number of thiophene rings is 1. The van der Waals surface area contributed by atoms with Crippen LogP contribution in [0.5, 0.6) is 0 Å². The normalized spacial score (nSPS) is 10.8. The van der Waals surface area contributed by atoms with E-state index in [9.17, 15) is 4.79 Å². The van der Waals surface area contributed by atoms with E-state index in [-0.39, 0.29) is 6.03 Å². The van der Waals surface area contributed by atoms with E-state index < -0.39 is 0 Å². The number of rotatable bonds is 6. The summed E-state index contributed by atoms with van der Waals surface area (Å²) in [6.45, 7) is 2.03. The maximum absolute atomic E-state index is 12.0. The molecule has 23 heavy (non-hydrogen) atoms. The molecule has 0 unspecified atom stereocenters. The van der Waals surface area contributed by atoms with E-state index in [1.165, 1.54) is 0 Å². The van der Waals surface area contributed by atoms with Gasteiger partial charge in [0.05, 0.1) is 13.2 Å². The number of hydrogen-bond donors (Lipinski definition) is 2. The molecule has 2 amide bonds. The molecule has 0 fully saturated rings. The third-order valence-corrected chi connectivity index (χ3v) is 4.44. The van der Waals surface area contributed by atoms with Gasteiger partial charge in [0.15, 0.2) is 0 Å². The minimum absolute atomic E-state index is 0.198. The van der Waals surface area contributed by atoms with Crippen molar-refractivity contribution in [2.45, 2.75) is 13.1 Å². The number of fused-ring (bicyclic) bond motifs is 1. The highest BCUT2D eigenvalue weighted by Crippen LogP contribution is 2.20. The molecule has 120 valence electrons. The molecule has 0 aliphatic rings. The summed E-state index contributed by atoms with van der Waals surface area (Å²) in [4.78, 5) is 13.1. The van der Waals surface area contributed by atoms with Crippen LogP contribution in [0.3, 0.4) is 0 Å². The molecule has 0 aliphatic heterocycles. The minimum atomic E-state index is -0.198. The number of anilines is 1. The van der Waals surface area contributed by atoms with Crippen LogP contribution in [0.1, 0.15) is 4.88 Å². The SMILES string of the molecule is COCCn1ccc2cc(NC(=O)NCc3cccs3)ccc21. The van der Waals surface area contributed by atoms with Gasteiger partial charge in [-0.3, -0.25) is 0 Å². The maximum Gasteiger partial charge on any atom is 0.319 e. The summed E-state index contributed by atoms with van der Waals surface area (Å²) < 4.78 is 7.25.